The zero-order valence-electron chi connectivity index (χ0n) is 22.3. The van der Waals surface area contributed by atoms with E-state index in [1.54, 1.807) is 54.6 Å². The summed E-state index contributed by atoms with van der Waals surface area (Å²) in [4.78, 5) is 30.6. The minimum absolute atomic E-state index is 0.149. The summed E-state index contributed by atoms with van der Waals surface area (Å²) in [5.41, 5.74) is 2.16. The molecule has 0 aliphatic heterocycles. The quantitative estimate of drug-likeness (QED) is 0.206. The molecule has 5 nitrogen and oxygen atoms in total. The van der Waals surface area contributed by atoms with E-state index in [0.717, 1.165) is 11.6 Å². The summed E-state index contributed by atoms with van der Waals surface area (Å²) in [7, 11) is 0. The van der Waals surface area contributed by atoms with Crippen molar-refractivity contribution < 1.29 is 22.8 Å². The molecule has 41 heavy (non-hydrogen) atoms. The Morgan fingerprint density at radius 2 is 1.51 bits per heavy atom. The smallest absolute Gasteiger partial charge is 0.308 e. The van der Waals surface area contributed by atoms with Crippen molar-refractivity contribution >= 4 is 34.1 Å². The van der Waals surface area contributed by atoms with Gasteiger partial charge in [-0.05, 0) is 41.3 Å². The predicted octanol–water partition coefficient (Wildman–Crippen LogP) is 8.92. The summed E-state index contributed by atoms with van der Waals surface area (Å²) >= 11 is 0. The number of carbonyl (C=O) groups excluding carboxylic acids is 2. The minimum Gasteiger partial charge on any atom is -0.308 e. The molecule has 2 amide bonds. The van der Waals surface area contributed by atoms with Gasteiger partial charge in [-0.1, -0.05) is 86.6 Å². The number of alkyl halides is 3. The average molecular weight is 554 g/mol. The number of fused-ring (bicyclic) bond motifs is 1. The molecular weight excluding hydrogens is 527 g/mol. The van der Waals surface area contributed by atoms with Crippen LogP contribution in [0.1, 0.15) is 46.8 Å². The van der Waals surface area contributed by atoms with E-state index >= 15 is 0 Å². The number of benzene rings is 4. The largest absolute Gasteiger partial charge is 0.418 e. The Morgan fingerprint density at radius 1 is 0.805 bits per heavy atom. The lowest BCUT2D eigenvalue weighted by molar-refractivity contribution is -0.136. The van der Waals surface area contributed by atoms with Crippen LogP contribution in [0.25, 0.3) is 22.0 Å². The van der Waals surface area contributed by atoms with Crippen molar-refractivity contribution in [1.82, 2.24) is 4.98 Å². The summed E-state index contributed by atoms with van der Waals surface area (Å²) in [5, 5.41) is 5.84. The van der Waals surface area contributed by atoms with Gasteiger partial charge in [0.2, 0.25) is 0 Å². The first-order valence-electron chi connectivity index (χ1n) is 13.0. The lowest BCUT2D eigenvalue weighted by Gasteiger charge is -2.17. The zero-order valence-corrected chi connectivity index (χ0v) is 22.3. The van der Waals surface area contributed by atoms with Gasteiger partial charge in [-0.25, -0.2) is 4.79 Å². The SMILES string of the molecule is CC(C)c1ccccc1NC(=O)Nc1cccc(-c2c(C(=O)c3ccccc3)cnc3c(C(F)(F)F)cccc23)c1. The molecule has 4 aromatic carbocycles. The molecule has 0 atom stereocenters. The Morgan fingerprint density at radius 3 is 2.24 bits per heavy atom. The van der Waals surface area contributed by atoms with Gasteiger partial charge in [0.25, 0.3) is 0 Å². The third-order valence-corrected chi connectivity index (χ3v) is 6.72. The molecule has 0 radical (unpaired) electrons. The molecule has 0 fully saturated rings. The monoisotopic (exact) mass is 553 g/mol. The Hall–Kier alpha value is -4.98. The Labute approximate surface area is 235 Å². The van der Waals surface area contributed by atoms with Crippen molar-refractivity contribution in [2.75, 3.05) is 10.6 Å². The number of carbonyl (C=O) groups is 2. The summed E-state index contributed by atoms with van der Waals surface area (Å²) in [6.07, 6.45) is -3.44. The number of para-hydroxylation sites is 2. The van der Waals surface area contributed by atoms with Crippen LogP contribution >= 0.6 is 0 Å². The number of amides is 2. The summed E-state index contributed by atoms with van der Waals surface area (Å²) in [5.74, 6) is -0.189. The van der Waals surface area contributed by atoms with Crippen molar-refractivity contribution in [3.05, 3.63) is 126 Å². The number of nitrogens with one attached hydrogen (secondary N) is 2. The van der Waals surface area contributed by atoms with Gasteiger partial charge in [0.1, 0.15) is 0 Å². The number of anilines is 2. The molecule has 2 N–H and O–H groups in total. The normalized spacial score (nSPS) is 11.5. The Bertz CT molecular complexity index is 1750. The lowest BCUT2D eigenvalue weighted by Crippen LogP contribution is -2.20. The van der Waals surface area contributed by atoms with Crippen molar-refractivity contribution in [1.29, 1.82) is 0 Å². The fraction of sp³-hybridized carbons (Fsp3) is 0.121. The molecule has 1 aromatic heterocycles. The third-order valence-electron chi connectivity index (χ3n) is 6.72. The van der Waals surface area contributed by atoms with Crippen LogP contribution in [0.4, 0.5) is 29.3 Å². The van der Waals surface area contributed by atoms with Gasteiger partial charge in [0, 0.05) is 39.6 Å². The Balaban J connectivity index is 1.59. The van der Waals surface area contributed by atoms with E-state index in [1.807, 2.05) is 38.1 Å². The maximum absolute atomic E-state index is 13.9. The molecule has 5 aromatic rings. The zero-order chi connectivity index (χ0) is 29.1. The van der Waals surface area contributed by atoms with Crippen LogP contribution in [0.5, 0.6) is 0 Å². The molecule has 0 bridgehead atoms. The number of nitrogens with zero attached hydrogens (tertiary/aromatic N) is 1. The van der Waals surface area contributed by atoms with Crippen LogP contribution < -0.4 is 10.6 Å². The fourth-order valence-electron chi connectivity index (χ4n) is 4.83. The molecule has 0 aliphatic carbocycles. The van der Waals surface area contributed by atoms with Crippen molar-refractivity contribution in [2.45, 2.75) is 25.9 Å². The topological polar surface area (TPSA) is 71.1 Å². The van der Waals surface area contributed by atoms with E-state index in [9.17, 15) is 22.8 Å². The molecule has 0 saturated carbocycles. The summed E-state index contributed by atoms with van der Waals surface area (Å²) in [6, 6.07) is 25.9. The second-order valence-electron chi connectivity index (χ2n) is 9.84. The van der Waals surface area contributed by atoms with Gasteiger partial charge in [0.05, 0.1) is 11.1 Å². The molecule has 1 heterocycles. The second kappa shape index (κ2) is 11.3. The number of hydrogen-bond acceptors (Lipinski definition) is 3. The highest BCUT2D eigenvalue weighted by Crippen LogP contribution is 2.39. The van der Waals surface area contributed by atoms with E-state index in [1.165, 1.54) is 18.3 Å². The molecule has 0 unspecified atom stereocenters. The first kappa shape index (κ1) is 27.6. The number of pyridine rings is 1. The highest BCUT2D eigenvalue weighted by atomic mass is 19.4. The lowest BCUT2D eigenvalue weighted by atomic mass is 9.91. The van der Waals surface area contributed by atoms with E-state index < -0.39 is 17.8 Å². The average Bonchev–Trinajstić information content (AvgIpc) is 2.96. The van der Waals surface area contributed by atoms with Crippen LogP contribution in [0.3, 0.4) is 0 Å². The van der Waals surface area contributed by atoms with Gasteiger partial charge in [-0.15, -0.1) is 0 Å². The van der Waals surface area contributed by atoms with E-state index in [2.05, 4.69) is 15.6 Å². The first-order valence-corrected chi connectivity index (χ1v) is 13.0. The molecule has 8 heteroatoms. The van der Waals surface area contributed by atoms with Crippen LogP contribution in [0.2, 0.25) is 0 Å². The highest BCUT2D eigenvalue weighted by molar-refractivity contribution is 6.17. The third kappa shape index (κ3) is 5.82. The highest BCUT2D eigenvalue weighted by Gasteiger charge is 2.34. The van der Waals surface area contributed by atoms with Crippen molar-refractivity contribution in [2.24, 2.45) is 0 Å². The number of halogens is 3. The molecular formula is C33H26F3N3O2. The number of ketones is 1. The van der Waals surface area contributed by atoms with Gasteiger partial charge < -0.3 is 10.6 Å². The van der Waals surface area contributed by atoms with E-state index in [-0.39, 0.29) is 28.2 Å². The molecule has 0 saturated heterocycles. The first-order chi connectivity index (χ1) is 19.6. The molecule has 206 valence electrons. The van der Waals surface area contributed by atoms with Gasteiger partial charge in [0.15, 0.2) is 5.78 Å². The maximum atomic E-state index is 13.9. The fourth-order valence-corrected chi connectivity index (χ4v) is 4.83. The maximum Gasteiger partial charge on any atom is 0.418 e. The van der Waals surface area contributed by atoms with Crippen molar-refractivity contribution in [3.8, 4) is 11.1 Å². The van der Waals surface area contributed by atoms with Gasteiger partial charge in [-0.3, -0.25) is 9.78 Å². The summed E-state index contributed by atoms with van der Waals surface area (Å²) in [6.45, 7) is 4.05. The molecule has 0 spiro atoms. The number of aromatic nitrogens is 1. The van der Waals surface area contributed by atoms with Crippen LogP contribution in [0.15, 0.2) is 103 Å². The second-order valence-corrected chi connectivity index (χ2v) is 9.84. The summed E-state index contributed by atoms with van der Waals surface area (Å²) < 4.78 is 41.6. The van der Waals surface area contributed by atoms with Gasteiger partial charge in [-0.2, -0.15) is 13.2 Å². The molecule has 0 aliphatic rings. The van der Waals surface area contributed by atoms with Crippen LogP contribution in [-0.4, -0.2) is 16.8 Å². The minimum atomic E-state index is -4.64. The van der Waals surface area contributed by atoms with E-state index in [0.29, 0.717) is 28.1 Å². The van der Waals surface area contributed by atoms with Crippen molar-refractivity contribution in [3.63, 3.8) is 0 Å². The molecule has 5 rings (SSSR count). The predicted molar refractivity (Wildman–Crippen MR) is 155 cm³/mol. The van der Waals surface area contributed by atoms with E-state index in [4.69, 9.17) is 0 Å². The van der Waals surface area contributed by atoms with Crippen LogP contribution in [-0.2, 0) is 6.18 Å². The van der Waals surface area contributed by atoms with Gasteiger partial charge >= 0.3 is 12.2 Å². The number of rotatable bonds is 6. The van der Waals surface area contributed by atoms with Crippen LogP contribution in [0, 0.1) is 0 Å². The Kier molecular flexibility index (Phi) is 7.57. The standard InChI is InChI=1S/C33H26F3N3O2/c1-20(2)24-14-6-7-17-28(24)39-32(41)38-23-13-8-12-22(18-23)29-25-15-9-16-27(33(34,35)36)30(25)37-19-26(29)31(40)21-10-4-3-5-11-21/h3-20H,1-2H3,(H2,38,39,41). The number of urea groups is 1. The number of hydrogen-bond donors (Lipinski definition) is 2.